The zero-order chi connectivity index (χ0) is 16.8. The fourth-order valence-electron chi connectivity index (χ4n) is 2.72. The number of hydrogen-bond acceptors (Lipinski definition) is 9. The van der Waals surface area contributed by atoms with Crippen LogP contribution in [-0.2, 0) is 4.74 Å². The molecule has 2 aromatic heterocycles. The number of anilines is 2. The highest BCUT2D eigenvalue weighted by molar-refractivity contribution is 5.82. The molecule has 122 valence electrons. The molecule has 12 heteroatoms. The molecule has 3 rings (SSSR count). The normalized spacial score (nSPS) is 30.5. The monoisotopic (exact) mass is 321 g/mol. The topological polar surface area (TPSA) is 194 Å². The summed E-state index contributed by atoms with van der Waals surface area (Å²) in [5.74, 6) is 0.0356. The molecule has 0 radical (unpaired) electrons. The van der Waals surface area contributed by atoms with Crippen LogP contribution < -0.4 is 11.5 Å². The Morgan fingerprint density at radius 2 is 2.26 bits per heavy atom. The lowest BCUT2D eigenvalue weighted by atomic mass is 9.93. The maximum absolute atomic E-state index is 10.3. The summed E-state index contributed by atoms with van der Waals surface area (Å²) in [7, 11) is 0. The van der Waals surface area contributed by atoms with Crippen molar-refractivity contribution in [2.24, 2.45) is 5.11 Å². The van der Waals surface area contributed by atoms with Crippen LogP contribution >= 0.6 is 0 Å². The van der Waals surface area contributed by atoms with Gasteiger partial charge < -0.3 is 26.4 Å². The molecule has 0 amide bonds. The predicted octanol–water partition coefficient (Wildman–Crippen LogP) is -0.690. The molecule has 23 heavy (non-hydrogen) atoms. The highest BCUT2D eigenvalue weighted by atomic mass is 16.5. The quantitative estimate of drug-likeness (QED) is 0.324. The first-order valence-electron chi connectivity index (χ1n) is 6.68. The van der Waals surface area contributed by atoms with E-state index in [9.17, 15) is 10.2 Å². The Hall–Kier alpha value is -2.66. The summed E-state index contributed by atoms with van der Waals surface area (Å²) in [5.41, 5.74) is 19.4. The van der Waals surface area contributed by atoms with Crippen molar-refractivity contribution in [2.75, 3.05) is 18.1 Å². The maximum atomic E-state index is 10.3. The van der Waals surface area contributed by atoms with E-state index in [1.165, 1.54) is 17.8 Å². The number of imidazole rings is 1. The lowest BCUT2D eigenvalue weighted by Crippen LogP contribution is -2.42. The van der Waals surface area contributed by atoms with Crippen LogP contribution in [0.5, 0.6) is 0 Å². The Morgan fingerprint density at radius 3 is 2.91 bits per heavy atom. The van der Waals surface area contributed by atoms with Gasteiger partial charge in [0.15, 0.2) is 17.7 Å². The molecule has 2 aromatic rings. The van der Waals surface area contributed by atoms with Gasteiger partial charge in [0, 0.05) is 4.91 Å². The third-order valence-electron chi connectivity index (χ3n) is 3.91. The molecule has 0 bridgehead atoms. The summed E-state index contributed by atoms with van der Waals surface area (Å²) >= 11 is 0. The van der Waals surface area contributed by atoms with Crippen LogP contribution in [0, 0.1) is 0 Å². The average molecular weight is 321 g/mol. The average Bonchev–Trinajstić information content (AvgIpc) is 3.01. The number of nitrogens with zero attached hydrogens (tertiary/aromatic N) is 7. The third-order valence-corrected chi connectivity index (χ3v) is 3.91. The van der Waals surface area contributed by atoms with E-state index >= 15 is 0 Å². The second-order valence-electron chi connectivity index (χ2n) is 5.36. The number of ether oxygens (including phenoxy) is 1. The van der Waals surface area contributed by atoms with Crippen molar-refractivity contribution in [3.63, 3.8) is 0 Å². The van der Waals surface area contributed by atoms with Gasteiger partial charge in [0.2, 0.25) is 5.95 Å². The van der Waals surface area contributed by atoms with Crippen LogP contribution in [0.15, 0.2) is 11.4 Å². The summed E-state index contributed by atoms with van der Waals surface area (Å²) in [6.07, 6.45) is -1.73. The first-order valence-corrected chi connectivity index (χ1v) is 6.68. The van der Waals surface area contributed by atoms with E-state index < -0.39 is 30.6 Å². The van der Waals surface area contributed by atoms with Gasteiger partial charge in [0.05, 0.1) is 19.0 Å². The first-order chi connectivity index (χ1) is 10.9. The lowest BCUT2D eigenvalue weighted by Gasteiger charge is -2.27. The zero-order valence-electron chi connectivity index (χ0n) is 12.1. The number of fused-ring (bicyclic) bond motifs is 1. The molecule has 1 fully saturated rings. The molecule has 4 atom stereocenters. The second kappa shape index (κ2) is 5.21. The minimum Gasteiger partial charge on any atom is -0.394 e. The molecule has 1 aliphatic heterocycles. The van der Waals surface area contributed by atoms with Crippen molar-refractivity contribution < 1.29 is 14.9 Å². The third kappa shape index (κ3) is 2.12. The maximum Gasteiger partial charge on any atom is 0.224 e. The zero-order valence-corrected chi connectivity index (χ0v) is 12.1. The van der Waals surface area contributed by atoms with E-state index in [2.05, 4.69) is 25.0 Å². The van der Waals surface area contributed by atoms with Crippen molar-refractivity contribution in [1.82, 2.24) is 19.5 Å². The number of hydrogen-bond donors (Lipinski definition) is 4. The van der Waals surface area contributed by atoms with Gasteiger partial charge in [0.25, 0.3) is 0 Å². The molecule has 3 heterocycles. The molecular formula is C11H15N9O3. The Kier molecular flexibility index (Phi) is 3.45. The van der Waals surface area contributed by atoms with Gasteiger partial charge in [-0.1, -0.05) is 5.11 Å². The minimum absolute atomic E-state index is 0.0560. The van der Waals surface area contributed by atoms with Crippen LogP contribution in [0.2, 0.25) is 0 Å². The summed E-state index contributed by atoms with van der Waals surface area (Å²) < 4.78 is 7.08. The minimum atomic E-state index is -1.38. The van der Waals surface area contributed by atoms with E-state index in [-0.39, 0.29) is 17.4 Å². The van der Waals surface area contributed by atoms with Gasteiger partial charge in [0.1, 0.15) is 17.2 Å². The smallest absolute Gasteiger partial charge is 0.224 e. The van der Waals surface area contributed by atoms with Crippen molar-refractivity contribution in [3.8, 4) is 0 Å². The fraction of sp³-hybridized carbons (Fsp3) is 0.545. The second-order valence-corrected chi connectivity index (χ2v) is 5.36. The lowest BCUT2D eigenvalue weighted by molar-refractivity contribution is -0.0455. The molecule has 0 spiro atoms. The van der Waals surface area contributed by atoms with Crippen LogP contribution in [0.25, 0.3) is 21.6 Å². The molecule has 1 aliphatic rings. The van der Waals surface area contributed by atoms with Crippen LogP contribution in [0.4, 0.5) is 11.8 Å². The first kappa shape index (κ1) is 15.2. The number of aromatic nitrogens is 4. The SMILES string of the molecule is C[C@@]1(N=[N+]=[N-])[C@H](O)[C@@H](CO)O[C@H]1n1cnc2c(N)nc(N)nc21. The molecule has 0 saturated carbocycles. The molecule has 0 aromatic carbocycles. The summed E-state index contributed by atoms with van der Waals surface area (Å²) in [6, 6.07) is 0. The van der Waals surface area contributed by atoms with Crippen molar-refractivity contribution in [2.45, 2.75) is 30.9 Å². The van der Waals surface area contributed by atoms with Gasteiger partial charge in [-0.2, -0.15) is 9.97 Å². The largest absolute Gasteiger partial charge is 0.394 e. The Morgan fingerprint density at radius 1 is 1.52 bits per heavy atom. The van der Waals surface area contributed by atoms with Gasteiger partial charge in [-0.05, 0) is 12.5 Å². The summed E-state index contributed by atoms with van der Waals surface area (Å²) in [6.45, 7) is 1.07. The predicted molar refractivity (Wildman–Crippen MR) is 78.7 cm³/mol. The van der Waals surface area contributed by atoms with Gasteiger partial charge in [-0.15, -0.1) is 0 Å². The van der Waals surface area contributed by atoms with E-state index in [4.69, 9.17) is 21.7 Å². The van der Waals surface area contributed by atoms with E-state index in [1.54, 1.807) is 0 Å². The number of nitrogens with two attached hydrogens (primary N) is 2. The van der Waals surface area contributed by atoms with E-state index in [0.29, 0.717) is 5.52 Å². The van der Waals surface area contributed by atoms with Crippen molar-refractivity contribution in [3.05, 3.63) is 16.8 Å². The number of aliphatic hydroxyl groups is 2. The highest BCUT2D eigenvalue weighted by Gasteiger charge is 2.54. The van der Waals surface area contributed by atoms with Gasteiger partial charge >= 0.3 is 0 Å². The highest BCUT2D eigenvalue weighted by Crippen LogP contribution is 2.42. The Bertz CT molecular complexity index is 801. The number of rotatable bonds is 3. The van der Waals surface area contributed by atoms with Crippen molar-refractivity contribution >= 4 is 22.9 Å². The van der Waals surface area contributed by atoms with Crippen LogP contribution in [0.3, 0.4) is 0 Å². The molecule has 1 saturated heterocycles. The van der Waals surface area contributed by atoms with E-state index in [1.807, 2.05) is 0 Å². The summed E-state index contributed by atoms with van der Waals surface area (Å²) in [4.78, 5) is 14.8. The number of azide groups is 1. The number of aliphatic hydroxyl groups excluding tert-OH is 2. The summed E-state index contributed by atoms with van der Waals surface area (Å²) in [5, 5.41) is 23.3. The van der Waals surface area contributed by atoms with Gasteiger partial charge in [-0.3, -0.25) is 4.57 Å². The molecular weight excluding hydrogens is 306 g/mol. The molecule has 12 nitrogen and oxygen atoms in total. The number of nitrogen functional groups attached to an aromatic ring is 2. The fourth-order valence-corrected chi connectivity index (χ4v) is 2.72. The Labute approximate surface area is 129 Å². The molecule has 6 N–H and O–H groups in total. The van der Waals surface area contributed by atoms with Gasteiger partial charge in [-0.25, -0.2) is 4.98 Å². The molecule has 0 aliphatic carbocycles. The van der Waals surface area contributed by atoms with Crippen LogP contribution in [0.1, 0.15) is 13.2 Å². The van der Waals surface area contributed by atoms with E-state index in [0.717, 1.165) is 0 Å². The van der Waals surface area contributed by atoms with Crippen LogP contribution in [-0.4, -0.2) is 54.1 Å². The van der Waals surface area contributed by atoms with Crippen molar-refractivity contribution in [1.29, 1.82) is 0 Å². The standard InChI is InChI=1S/C11H15N9O3/c1-11(18-19-14)6(22)4(2-21)23-9(11)20-3-15-5-7(12)16-10(13)17-8(5)20/h3-4,6,9,21-22H,2H2,1H3,(H4,12,13,16,17)/t4-,6-,9-,11-/m1/s1. The Balaban J connectivity index is 2.18. The molecule has 0 unspecified atom stereocenters.